The molecule has 0 unspecified atom stereocenters. The fraction of sp³-hybridized carbons (Fsp3) is 0.567. The molecule has 0 radical (unpaired) electrons. The third kappa shape index (κ3) is 7.13. The highest BCUT2D eigenvalue weighted by molar-refractivity contribution is 7.89. The summed E-state index contributed by atoms with van der Waals surface area (Å²) >= 11 is 0. The third-order valence-electron chi connectivity index (χ3n) is 8.02. The monoisotopic (exact) mass is 592 g/mol. The zero-order valence-corrected chi connectivity index (χ0v) is 24.9. The summed E-state index contributed by atoms with van der Waals surface area (Å²) in [4.78, 5) is 14.8. The van der Waals surface area contributed by atoms with Crippen LogP contribution in [0.5, 0.6) is 17.2 Å². The second-order valence-electron chi connectivity index (χ2n) is 10.7. The number of fused-ring (bicyclic) bond motifs is 1. The maximum Gasteiger partial charge on any atom is 0.309 e. The van der Waals surface area contributed by atoms with Crippen molar-refractivity contribution in [1.29, 1.82) is 0 Å². The number of rotatable bonds is 15. The average Bonchev–Trinajstić information content (AvgIpc) is 3.57. The summed E-state index contributed by atoms with van der Waals surface area (Å²) < 4.78 is 59.0. The Hall–Kier alpha value is -2.89. The molecule has 0 bridgehead atoms. The quantitative estimate of drug-likeness (QED) is 0.287. The summed E-state index contributed by atoms with van der Waals surface area (Å²) in [5, 5.41) is 10.5. The van der Waals surface area contributed by atoms with Gasteiger partial charge in [-0.15, -0.1) is 0 Å². The Morgan fingerprint density at radius 3 is 2.46 bits per heavy atom. The number of ether oxygens (including phenoxy) is 3. The number of aliphatic carboxylic acids is 1. The van der Waals surface area contributed by atoms with Crippen molar-refractivity contribution in [2.24, 2.45) is 5.92 Å². The molecule has 41 heavy (non-hydrogen) atoms. The minimum absolute atomic E-state index is 0.0707. The molecular weight excluding hydrogens is 551 g/mol. The first-order valence-corrected chi connectivity index (χ1v) is 16.0. The molecule has 4 rings (SSSR count). The summed E-state index contributed by atoms with van der Waals surface area (Å²) in [6.07, 6.45) is 3.96. The fourth-order valence-corrected chi connectivity index (χ4v) is 7.43. The molecule has 1 N–H and O–H groups in total. The smallest absolute Gasteiger partial charge is 0.309 e. The molecule has 0 aromatic heterocycles. The van der Waals surface area contributed by atoms with Crippen LogP contribution in [0.3, 0.4) is 0 Å². The molecule has 1 saturated heterocycles. The van der Waals surface area contributed by atoms with Gasteiger partial charge in [-0.05, 0) is 48.2 Å². The minimum Gasteiger partial charge on any atom is -0.494 e. The predicted molar refractivity (Wildman–Crippen MR) is 153 cm³/mol. The second-order valence-corrected chi connectivity index (χ2v) is 12.8. The molecular formula is C30H41FN2O7S. The first kappa shape index (κ1) is 31.1. The average molecular weight is 593 g/mol. The topological polar surface area (TPSA) is 106 Å². The Labute approximate surface area is 242 Å². The number of hydrogen-bond donors (Lipinski definition) is 1. The van der Waals surface area contributed by atoms with Gasteiger partial charge in [0.2, 0.25) is 16.8 Å². The van der Waals surface area contributed by atoms with Crippen molar-refractivity contribution in [1.82, 2.24) is 9.21 Å². The molecule has 2 aliphatic heterocycles. The van der Waals surface area contributed by atoms with Gasteiger partial charge in [-0.3, -0.25) is 9.69 Å². The fourth-order valence-electron chi connectivity index (χ4n) is 5.83. The van der Waals surface area contributed by atoms with Crippen LogP contribution in [0.4, 0.5) is 4.39 Å². The Balaban J connectivity index is 1.67. The highest BCUT2D eigenvalue weighted by Gasteiger charge is 2.48. The van der Waals surface area contributed by atoms with Gasteiger partial charge >= 0.3 is 5.97 Å². The van der Waals surface area contributed by atoms with Gasteiger partial charge < -0.3 is 19.3 Å². The molecule has 0 spiro atoms. The molecule has 2 aliphatic rings. The number of carbonyl (C=O) groups is 1. The number of nitrogens with zero attached hydrogens (tertiary/aromatic N) is 2. The largest absolute Gasteiger partial charge is 0.494 e. The number of halogens is 1. The maximum absolute atomic E-state index is 14.9. The SMILES string of the molecule is CCCCCS(=O)(=O)N(CCCC)CCN1C[C@H](c2ccc3c(c2)OCO3)[C@@H](C(=O)O)[C@@H]1c1ccc(OC)c(F)c1. The lowest BCUT2D eigenvalue weighted by molar-refractivity contribution is -0.143. The maximum atomic E-state index is 14.9. The van der Waals surface area contributed by atoms with Crippen LogP contribution in [0.1, 0.15) is 69.0 Å². The number of likely N-dealkylation sites (tertiary alicyclic amines) is 1. The van der Waals surface area contributed by atoms with Gasteiger partial charge in [-0.25, -0.2) is 17.1 Å². The predicted octanol–water partition coefficient (Wildman–Crippen LogP) is 5.03. The van der Waals surface area contributed by atoms with Crippen LogP contribution in [0.15, 0.2) is 36.4 Å². The number of carboxylic acid groups (broad SMARTS) is 1. The van der Waals surface area contributed by atoms with E-state index in [0.717, 1.165) is 31.2 Å². The van der Waals surface area contributed by atoms with Crippen molar-refractivity contribution >= 4 is 16.0 Å². The lowest BCUT2D eigenvalue weighted by Gasteiger charge is -2.30. The van der Waals surface area contributed by atoms with E-state index >= 15 is 0 Å². The second kappa shape index (κ2) is 13.8. The van der Waals surface area contributed by atoms with E-state index < -0.39 is 39.7 Å². The molecule has 2 aromatic rings. The van der Waals surface area contributed by atoms with E-state index in [1.54, 1.807) is 16.4 Å². The molecule has 226 valence electrons. The van der Waals surface area contributed by atoms with E-state index in [0.29, 0.717) is 43.1 Å². The van der Waals surface area contributed by atoms with Gasteiger partial charge in [0.25, 0.3) is 0 Å². The van der Waals surface area contributed by atoms with Gasteiger partial charge in [0.1, 0.15) is 0 Å². The Bertz CT molecular complexity index is 1310. The van der Waals surface area contributed by atoms with E-state index in [4.69, 9.17) is 14.2 Å². The number of sulfonamides is 1. The van der Waals surface area contributed by atoms with E-state index in [2.05, 4.69) is 0 Å². The lowest BCUT2D eigenvalue weighted by atomic mass is 9.82. The summed E-state index contributed by atoms with van der Waals surface area (Å²) in [6.45, 7) is 5.45. The van der Waals surface area contributed by atoms with Gasteiger partial charge in [0.15, 0.2) is 23.1 Å². The summed E-state index contributed by atoms with van der Waals surface area (Å²) in [5.74, 6) is -1.62. The summed E-state index contributed by atoms with van der Waals surface area (Å²) in [6, 6.07) is 9.26. The van der Waals surface area contributed by atoms with Gasteiger partial charge in [-0.1, -0.05) is 45.2 Å². The molecule has 3 atom stereocenters. The number of hydrogen-bond acceptors (Lipinski definition) is 7. The number of methoxy groups -OCH3 is 1. The van der Waals surface area contributed by atoms with Crippen molar-refractivity contribution in [3.63, 3.8) is 0 Å². The van der Waals surface area contributed by atoms with Gasteiger partial charge in [0.05, 0.1) is 18.8 Å². The van der Waals surface area contributed by atoms with Gasteiger partial charge in [0, 0.05) is 38.1 Å². The van der Waals surface area contributed by atoms with Crippen LogP contribution in [0, 0.1) is 11.7 Å². The van der Waals surface area contributed by atoms with E-state index in [1.807, 2.05) is 30.9 Å². The molecule has 2 heterocycles. The van der Waals surface area contributed by atoms with Crippen molar-refractivity contribution < 1.29 is 36.9 Å². The van der Waals surface area contributed by atoms with Crippen molar-refractivity contribution in [2.45, 2.75) is 57.9 Å². The number of benzene rings is 2. The third-order valence-corrected chi connectivity index (χ3v) is 9.98. The highest BCUT2D eigenvalue weighted by Crippen LogP contribution is 2.48. The van der Waals surface area contributed by atoms with E-state index in [1.165, 1.54) is 19.2 Å². The zero-order chi connectivity index (χ0) is 29.6. The Morgan fingerprint density at radius 2 is 1.78 bits per heavy atom. The van der Waals surface area contributed by atoms with Crippen LogP contribution in [-0.4, -0.2) is 74.5 Å². The zero-order valence-electron chi connectivity index (χ0n) is 24.1. The highest BCUT2D eigenvalue weighted by atomic mass is 32.2. The van der Waals surface area contributed by atoms with Crippen LogP contribution in [0.25, 0.3) is 0 Å². The van der Waals surface area contributed by atoms with Crippen LogP contribution >= 0.6 is 0 Å². The first-order chi connectivity index (χ1) is 19.7. The number of unbranched alkanes of at least 4 members (excludes halogenated alkanes) is 3. The summed E-state index contributed by atoms with van der Waals surface area (Å²) in [7, 11) is -2.10. The van der Waals surface area contributed by atoms with Crippen molar-refractivity contribution in [3.8, 4) is 17.2 Å². The Kier molecular flexibility index (Phi) is 10.5. The normalized spacial score (nSPS) is 20.6. The lowest BCUT2D eigenvalue weighted by Crippen LogP contribution is -2.40. The van der Waals surface area contributed by atoms with Crippen LogP contribution in [-0.2, 0) is 14.8 Å². The van der Waals surface area contributed by atoms with Crippen LogP contribution < -0.4 is 14.2 Å². The molecule has 11 heteroatoms. The molecule has 1 fully saturated rings. The number of carboxylic acids is 1. The Morgan fingerprint density at radius 1 is 1.05 bits per heavy atom. The molecule has 2 aromatic carbocycles. The molecule has 9 nitrogen and oxygen atoms in total. The van der Waals surface area contributed by atoms with Crippen LogP contribution in [0.2, 0.25) is 0 Å². The first-order valence-electron chi connectivity index (χ1n) is 14.4. The minimum atomic E-state index is -3.48. The van der Waals surface area contributed by atoms with E-state index in [9.17, 15) is 22.7 Å². The molecule has 0 amide bonds. The van der Waals surface area contributed by atoms with E-state index in [-0.39, 0.29) is 24.8 Å². The standard InChI is InChI=1S/C30H41FN2O7S/c1-4-6-8-16-41(36,37)33(13-7-5-2)15-14-32-19-23(21-9-12-26-27(18-21)40-20-39-26)28(30(34)35)29(32)22-10-11-25(38-3)24(31)17-22/h9-12,17-18,23,28-29H,4-8,13-16,19-20H2,1-3H3,(H,34,35)/t23-,28-,29+/m1/s1. The van der Waals surface area contributed by atoms with Crippen molar-refractivity contribution in [2.75, 3.05) is 45.8 Å². The molecule has 0 saturated carbocycles. The summed E-state index contributed by atoms with van der Waals surface area (Å²) in [5.41, 5.74) is 1.28. The van der Waals surface area contributed by atoms with Gasteiger partial charge in [-0.2, -0.15) is 0 Å². The van der Waals surface area contributed by atoms with Crippen molar-refractivity contribution in [3.05, 3.63) is 53.3 Å². The molecule has 0 aliphatic carbocycles.